The molecule has 3 N–H and O–H groups in total. The number of benzene rings is 1. The fourth-order valence-electron chi connectivity index (χ4n) is 3.00. The Morgan fingerprint density at radius 3 is 2.46 bits per heavy atom. The Balaban J connectivity index is 1.67. The van der Waals surface area contributed by atoms with Gasteiger partial charge in [-0.25, -0.2) is 4.98 Å². The molecule has 9 heteroatoms. The molecule has 1 heterocycles. The van der Waals surface area contributed by atoms with Gasteiger partial charge in [0.05, 0.1) is 11.3 Å². The van der Waals surface area contributed by atoms with Gasteiger partial charge >= 0.3 is 0 Å². The van der Waals surface area contributed by atoms with E-state index in [9.17, 15) is 19.7 Å². The molecule has 1 aliphatic carbocycles. The fraction of sp³-hybridized carbons (Fsp3) is 0.353. The van der Waals surface area contributed by atoms with Crippen molar-refractivity contribution in [3.8, 4) is 0 Å². The number of rotatable bonds is 5. The lowest BCUT2D eigenvalue weighted by molar-refractivity contribution is -0.384. The van der Waals surface area contributed by atoms with E-state index in [0.717, 1.165) is 25.7 Å². The van der Waals surface area contributed by atoms with E-state index in [1.54, 1.807) is 0 Å². The van der Waals surface area contributed by atoms with Gasteiger partial charge in [-0.2, -0.15) is 0 Å². The van der Waals surface area contributed by atoms with E-state index in [1.807, 2.05) is 0 Å². The highest BCUT2D eigenvalue weighted by Gasteiger charge is 2.23. The van der Waals surface area contributed by atoms with E-state index in [0.29, 0.717) is 5.69 Å². The molecule has 0 spiro atoms. The van der Waals surface area contributed by atoms with Crippen LogP contribution in [-0.2, 0) is 0 Å². The first kappa shape index (κ1) is 17.6. The molecule has 0 bridgehead atoms. The number of imidazole rings is 1. The van der Waals surface area contributed by atoms with Crippen molar-refractivity contribution in [2.24, 2.45) is 0 Å². The lowest BCUT2D eigenvalue weighted by atomic mass is 9.95. The number of carbonyl (C=O) groups is 2. The minimum atomic E-state index is -0.561. The second kappa shape index (κ2) is 7.77. The number of nitro groups is 1. The second-order valence-corrected chi connectivity index (χ2v) is 6.19. The number of non-ortho nitro benzene ring substituents is 1. The summed E-state index contributed by atoms with van der Waals surface area (Å²) >= 11 is 0. The van der Waals surface area contributed by atoms with Crippen LogP contribution in [0.25, 0.3) is 0 Å². The first-order chi connectivity index (χ1) is 12.5. The van der Waals surface area contributed by atoms with Gasteiger partial charge in [0.1, 0.15) is 5.69 Å². The van der Waals surface area contributed by atoms with Gasteiger partial charge in [-0.05, 0) is 25.0 Å². The van der Waals surface area contributed by atoms with Gasteiger partial charge in [-0.1, -0.05) is 19.3 Å². The molecule has 1 aromatic carbocycles. The summed E-state index contributed by atoms with van der Waals surface area (Å²) in [5.41, 5.74) is 0.393. The van der Waals surface area contributed by atoms with Crippen LogP contribution >= 0.6 is 0 Å². The largest absolute Gasteiger partial charge is 0.348 e. The van der Waals surface area contributed by atoms with Crippen molar-refractivity contribution in [2.45, 2.75) is 38.1 Å². The molecule has 1 aliphatic rings. The van der Waals surface area contributed by atoms with Gasteiger partial charge in [0.2, 0.25) is 0 Å². The van der Waals surface area contributed by atoms with Crippen LogP contribution < -0.4 is 10.6 Å². The smallest absolute Gasteiger partial charge is 0.276 e. The zero-order valence-electron chi connectivity index (χ0n) is 14.0. The second-order valence-electron chi connectivity index (χ2n) is 6.19. The van der Waals surface area contributed by atoms with E-state index in [2.05, 4.69) is 20.6 Å². The molecule has 1 saturated carbocycles. The highest BCUT2D eigenvalue weighted by molar-refractivity contribution is 6.10. The Bertz CT molecular complexity index is 809. The number of aromatic nitrogens is 2. The topological polar surface area (TPSA) is 130 Å². The van der Waals surface area contributed by atoms with Crippen LogP contribution in [0.15, 0.2) is 30.6 Å². The number of hydrogen-bond acceptors (Lipinski definition) is 5. The monoisotopic (exact) mass is 357 g/mol. The number of hydrogen-bond donors (Lipinski definition) is 3. The Kier molecular flexibility index (Phi) is 5.26. The zero-order valence-corrected chi connectivity index (χ0v) is 14.0. The van der Waals surface area contributed by atoms with E-state index >= 15 is 0 Å². The Hall–Kier alpha value is -3.23. The molecule has 0 radical (unpaired) electrons. The van der Waals surface area contributed by atoms with Crippen LogP contribution in [0.3, 0.4) is 0 Å². The predicted octanol–water partition coefficient (Wildman–Crippen LogP) is 2.63. The van der Waals surface area contributed by atoms with Crippen LogP contribution in [0.5, 0.6) is 0 Å². The third-order valence-electron chi connectivity index (χ3n) is 4.36. The van der Waals surface area contributed by atoms with Gasteiger partial charge < -0.3 is 15.6 Å². The van der Waals surface area contributed by atoms with E-state index in [4.69, 9.17) is 0 Å². The molecule has 3 rings (SSSR count). The van der Waals surface area contributed by atoms with Gasteiger partial charge in [0, 0.05) is 23.9 Å². The lowest BCUT2D eigenvalue weighted by Crippen LogP contribution is -2.37. The molecule has 0 aliphatic heterocycles. The van der Waals surface area contributed by atoms with Gasteiger partial charge in [0.15, 0.2) is 5.69 Å². The number of nitrogens with zero attached hydrogens (tertiary/aromatic N) is 2. The number of anilines is 1. The number of nitro benzene ring substituents is 1. The van der Waals surface area contributed by atoms with Crippen LogP contribution in [-0.4, -0.2) is 32.7 Å². The molecule has 2 aromatic rings. The van der Waals surface area contributed by atoms with Crippen LogP contribution in [0, 0.1) is 10.1 Å². The summed E-state index contributed by atoms with van der Waals surface area (Å²) in [5, 5.41) is 16.2. The highest BCUT2D eigenvalue weighted by Crippen LogP contribution is 2.19. The highest BCUT2D eigenvalue weighted by atomic mass is 16.6. The maximum Gasteiger partial charge on any atom is 0.276 e. The minimum absolute atomic E-state index is 0.0170. The van der Waals surface area contributed by atoms with E-state index in [1.165, 1.54) is 37.0 Å². The maximum absolute atomic E-state index is 12.4. The summed E-state index contributed by atoms with van der Waals surface area (Å²) in [6, 6.07) is 5.54. The molecule has 1 fully saturated rings. The maximum atomic E-state index is 12.4. The van der Waals surface area contributed by atoms with Crippen molar-refractivity contribution < 1.29 is 14.5 Å². The van der Waals surface area contributed by atoms with Crippen LogP contribution in [0.1, 0.15) is 53.1 Å². The normalized spacial score (nSPS) is 14.6. The minimum Gasteiger partial charge on any atom is -0.348 e. The van der Waals surface area contributed by atoms with E-state index < -0.39 is 10.8 Å². The number of nitrogens with one attached hydrogen (secondary N) is 3. The van der Waals surface area contributed by atoms with Crippen molar-refractivity contribution in [2.75, 3.05) is 5.32 Å². The van der Waals surface area contributed by atoms with E-state index in [-0.39, 0.29) is 29.0 Å². The molecule has 1 aromatic heterocycles. The standard InChI is InChI=1S/C17H19N5O4/c23-16(20-11-4-2-1-3-5-11)14-15(19-10-18-14)17(24)21-12-6-8-13(9-7-12)22(25)26/h6-11H,1-5H2,(H,18,19)(H,20,23)(H,21,24). The summed E-state index contributed by atoms with van der Waals surface area (Å²) in [7, 11) is 0. The van der Waals surface area contributed by atoms with Gasteiger partial charge in [-0.15, -0.1) is 0 Å². The average Bonchev–Trinajstić information content (AvgIpc) is 3.13. The SMILES string of the molecule is O=C(Nc1ccc([N+](=O)[O-])cc1)c1nc[nH]c1C(=O)NC1CCCCC1. The number of aromatic amines is 1. The number of amides is 2. The third-order valence-corrected chi connectivity index (χ3v) is 4.36. The molecule has 26 heavy (non-hydrogen) atoms. The molecular formula is C17H19N5O4. The number of H-pyrrole nitrogens is 1. The summed E-state index contributed by atoms with van der Waals surface area (Å²) in [6.45, 7) is 0. The van der Waals surface area contributed by atoms with Crippen molar-refractivity contribution >= 4 is 23.2 Å². The van der Waals surface area contributed by atoms with Crippen molar-refractivity contribution in [1.29, 1.82) is 0 Å². The molecule has 0 atom stereocenters. The Morgan fingerprint density at radius 2 is 1.81 bits per heavy atom. The summed E-state index contributed by atoms with van der Waals surface area (Å²) < 4.78 is 0. The Morgan fingerprint density at radius 1 is 1.12 bits per heavy atom. The molecule has 9 nitrogen and oxygen atoms in total. The molecule has 0 saturated heterocycles. The first-order valence-corrected chi connectivity index (χ1v) is 8.44. The Labute approximate surface area is 149 Å². The summed E-state index contributed by atoms with van der Waals surface area (Å²) in [5.74, 6) is -0.919. The van der Waals surface area contributed by atoms with Crippen molar-refractivity contribution in [3.63, 3.8) is 0 Å². The fourth-order valence-corrected chi connectivity index (χ4v) is 3.00. The van der Waals surface area contributed by atoms with Crippen molar-refractivity contribution in [1.82, 2.24) is 15.3 Å². The molecule has 0 unspecified atom stereocenters. The predicted molar refractivity (Wildman–Crippen MR) is 94.0 cm³/mol. The van der Waals surface area contributed by atoms with Crippen LogP contribution in [0.4, 0.5) is 11.4 Å². The first-order valence-electron chi connectivity index (χ1n) is 8.44. The molecule has 2 amide bonds. The molecule has 136 valence electrons. The van der Waals surface area contributed by atoms with Gasteiger partial charge in [0.25, 0.3) is 17.5 Å². The quantitative estimate of drug-likeness (QED) is 0.559. The summed E-state index contributed by atoms with van der Waals surface area (Å²) in [4.78, 5) is 41.6. The third kappa shape index (κ3) is 4.05. The summed E-state index contributed by atoms with van der Waals surface area (Å²) in [6.07, 6.45) is 6.51. The molecular weight excluding hydrogens is 338 g/mol. The number of carbonyl (C=O) groups excluding carboxylic acids is 2. The lowest BCUT2D eigenvalue weighted by Gasteiger charge is -2.22. The van der Waals surface area contributed by atoms with Crippen molar-refractivity contribution in [3.05, 3.63) is 52.1 Å². The average molecular weight is 357 g/mol. The van der Waals surface area contributed by atoms with Crippen LogP contribution in [0.2, 0.25) is 0 Å². The van der Waals surface area contributed by atoms with Gasteiger partial charge in [-0.3, -0.25) is 19.7 Å². The zero-order chi connectivity index (χ0) is 18.5.